The van der Waals surface area contributed by atoms with Crippen LogP contribution in [0.25, 0.3) is 0 Å². The molecule has 0 amide bonds. The van der Waals surface area contributed by atoms with Crippen LogP contribution in [0.3, 0.4) is 0 Å². The highest BCUT2D eigenvalue weighted by molar-refractivity contribution is 6.32. The van der Waals surface area contributed by atoms with E-state index in [2.05, 4.69) is 0 Å². The molecule has 0 fully saturated rings. The van der Waals surface area contributed by atoms with Gasteiger partial charge >= 0.3 is 0 Å². The third-order valence-corrected chi connectivity index (χ3v) is 1.55. The van der Waals surface area contributed by atoms with E-state index in [-0.39, 0.29) is 18.2 Å². The van der Waals surface area contributed by atoms with Crippen molar-refractivity contribution in [1.29, 1.82) is 0 Å². The van der Waals surface area contributed by atoms with E-state index in [9.17, 15) is 0 Å². The monoisotopic (exact) mass is 193 g/mol. The van der Waals surface area contributed by atoms with Crippen LogP contribution >= 0.6 is 24.0 Å². The summed E-state index contributed by atoms with van der Waals surface area (Å²) in [5, 5.41) is 9.32. The molecule has 1 aromatic carbocycles. The fraction of sp³-hybridized carbons (Fsp3) is 0.143. The Balaban J connectivity index is 0.000001000. The van der Waals surface area contributed by atoms with Crippen molar-refractivity contribution in [2.75, 3.05) is 0 Å². The normalized spacial score (nSPS) is 8.91. The zero-order valence-electron chi connectivity index (χ0n) is 5.75. The van der Waals surface area contributed by atoms with Crippen molar-refractivity contribution < 1.29 is 5.11 Å². The topological polar surface area (TPSA) is 46.2 Å². The highest BCUT2D eigenvalue weighted by atomic mass is 35.5. The van der Waals surface area contributed by atoms with Crippen molar-refractivity contribution in [2.45, 2.75) is 6.54 Å². The van der Waals surface area contributed by atoms with Crippen LogP contribution in [0.5, 0.6) is 5.75 Å². The highest BCUT2D eigenvalue weighted by Crippen LogP contribution is 2.23. The molecule has 0 radical (unpaired) electrons. The fourth-order valence-corrected chi connectivity index (χ4v) is 0.881. The van der Waals surface area contributed by atoms with E-state index in [0.29, 0.717) is 11.6 Å². The molecular formula is C7H9Cl2NO. The number of aromatic hydroxyl groups is 1. The first kappa shape index (κ1) is 10.6. The van der Waals surface area contributed by atoms with Crippen molar-refractivity contribution in [1.82, 2.24) is 0 Å². The minimum Gasteiger partial charge on any atom is -0.506 e. The molecule has 0 aliphatic rings. The van der Waals surface area contributed by atoms with Gasteiger partial charge in [0.1, 0.15) is 5.75 Å². The lowest BCUT2D eigenvalue weighted by Crippen LogP contribution is -1.94. The number of phenols is 1. The molecule has 4 heteroatoms. The average Bonchev–Trinajstić information content (AvgIpc) is 1.95. The molecule has 0 aromatic heterocycles. The summed E-state index contributed by atoms with van der Waals surface area (Å²) in [7, 11) is 0. The van der Waals surface area contributed by atoms with E-state index in [1.165, 1.54) is 6.07 Å². The lowest BCUT2D eigenvalue weighted by atomic mass is 10.2. The minimum absolute atomic E-state index is 0. The maximum absolute atomic E-state index is 8.97. The van der Waals surface area contributed by atoms with Gasteiger partial charge in [0.25, 0.3) is 0 Å². The van der Waals surface area contributed by atoms with Gasteiger partial charge in [-0.2, -0.15) is 0 Å². The number of phenolic OH excluding ortho intramolecular Hbond substituents is 1. The molecular weight excluding hydrogens is 185 g/mol. The van der Waals surface area contributed by atoms with Crippen LogP contribution in [0.2, 0.25) is 5.02 Å². The second-order valence-corrected chi connectivity index (χ2v) is 2.40. The second-order valence-electron chi connectivity index (χ2n) is 1.99. The largest absolute Gasteiger partial charge is 0.506 e. The van der Waals surface area contributed by atoms with Gasteiger partial charge in [0, 0.05) is 6.54 Å². The van der Waals surface area contributed by atoms with Crippen LogP contribution in [-0.4, -0.2) is 5.11 Å². The van der Waals surface area contributed by atoms with Crippen LogP contribution in [0.1, 0.15) is 5.56 Å². The predicted octanol–water partition coefficient (Wildman–Crippen LogP) is 1.93. The molecule has 0 saturated carbocycles. The number of halogens is 2. The molecule has 0 atom stereocenters. The van der Waals surface area contributed by atoms with E-state index < -0.39 is 0 Å². The van der Waals surface area contributed by atoms with Gasteiger partial charge in [-0.3, -0.25) is 0 Å². The lowest BCUT2D eigenvalue weighted by Gasteiger charge is -1.98. The van der Waals surface area contributed by atoms with E-state index in [1.807, 2.05) is 0 Å². The molecule has 0 bridgehead atoms. The zero-order chi connectivity index (χ0) is 7.56. The summed E-state index contributed by atoms with van der Waals surface area (Å²) in [4.78, 5) is 0. The average molecular weight is 194 g/mol. The minimum atomic E-state index is 0. The van der Waals surface area contributed by atoms with Gasteiger partial charge in [-0.15, -0.1) is 12.4 Å². The Morgan fingerprint density at radius 3 is 2.55 bits per heavy atom. The molecule has 0 aliphatic carbocycles. The van der Waals surface area contributed by atoms with Crippen molar-refractivity contribution >= 4 is 24.0 Å². The molecule has 0 saturated heterocycles. The summed E-state index contributed by atoms with van der Waals surface area (Å²) in [6.07, 6.45) is 0. The third kappa shape index (κ3) is 2.58. The van der Waals surface area contributed by atoms with Crippen LogP contribution in [0, 0.1) is 0 Å². The van der Waals surface area contributed by atoms with E-state index >= 15 is 0 Å². The van der Waals surface area contributed by atoms with E-state index in [4.69, 9.17) is 22.4 Å². The van der Waals surface area contributed by atoms with Gasteiger partial charge in [0.05, 0.1) is 5.02 Å². The van der Waals surface area contributed by atoms with E-state index in [0.717, 1.165) is 5.56 Å². The lowest BCUT2D eigenvalue weighted by molar-refractivity contribution is 0.475. The van der Waals surface area contributed by atoms with Crippen LogP contribution in [0.4, 0.5) is 0 Å². The number of hydrogen-bond acceptors (Lipinski definition) is 2. The number of hydrogen-bond donors (Lipinski definition) is 2. The van der Waals surface area contributed by atoms with Gasteiger partial charge in [0.2, 0.25) is 0 Å². The summed E-state index contributed by atoms with van der Waals surface area (Å²) in [6, 6.07) is 4.92. The van der Waals surface area contributed by atoms with Crippen LogP contribution in [0.15, 0.2) is 18.2 Å². The van der Waals surface area contributed by atoms with Gasteiger partial charge in [-0.05, 0) is 17.7 Å². The smallest absolute Gasteiger partial charge is 0.134 e. The Hall–Kier alpha value is -0.440. The Labute approximate surface area is 76.4 Å². The SMILES string of the molecule is Cl.NCc1ccc(O)c(Cl)c1. The molecule has 3 N–H and O–H groups in total. The molecule has 0 aliphatic heterocycles. The highest BCUT2D eigenvalue weighted by Gasteiger charge is 1.96. The zero-order valence-corrected chi connectivity index (χ0v) is 7.32. The molecule has 62 valence electrons. The standard InChI is InChI=1S/C7H8ClNO.ClH/c8-6-3-5(4-9)1-2-7(6)10;/h1-3,10H,4,9H2;1H. The van der Waals surface area contributed by atoms with Gasteiger partial charge in [-0.25, -0.2) is 0 Å². The maximum atomic E-state index is 8.97. The quantitative estimate of drug-likeness (QED) is 0.717. The van der Waals surface area contributed by atoms with Crippen LogP contribution < -0.4 is 5.73 Å². The Morgan fingerprint density at radius 2 is 2.09 bits per heavy atom. The van der Waals surface area contributed by atoms with E-state index in [1.54, 1.807) is 12.1 Å². The number of rotatable bonds is 1. The van der Waals surface area contributed by atoms with Crippen molar-refractivity contribution in [2.24, 2.45) is 5.73 Å². The first-order valence-electron chi connectivity index (χ1n) is 2.91. The van der Waals surface area contributed by atoms with Crippen molar-refractivity contribution in [3.05, 3.63) is 28.8 Å². The van der Waals surface area contributed by atoms with Gasteiger partial charge in [0.15, 0.2) is 0 Å². The number of benzene rings is 1. The summed E-state index contributed by atoms with van der Waals surface area (Å²) in [6.45, 7) is 0.444. The molecule has 2 nitrogen and oxygen atoms in total. The van der Waals surface area contributed by atoms with Crippen molar-refractivity contribution in [3.63, 3.8) is 0 Å². The fourth-order valence-electron chi connectivity index (χ4n) is 0.677. The molecule has 0 unspecified atom stereocenters. The third-order valence-electron chi connectivity index (χ3n) is 1.25. The van der Waals surface area contributed by atoms with Gasteiger partial charge in [-0.1, -0.05) is 17.7 Å². The van der Waals surface area contributed by atoms with Crippen molar-refractivity contribution in [3.8, 4) is 5.75 Å². The summed E-state index contributed by atoms with van der Waals surface area (Å²) < 4.78 is 0. The predicted molar refractivity (Wildman–Crippen MR) is 48.3 cm³/mol. The van der Waals surface area contributed by atoms with Gasteiger partial charge < -0.3 is 10.8 Å². The summed E-state index contributed by atoms with van der Waals surface area (Å²) >= 11 is 5.59. The first-order valence-corrected chi connectivity index (χ1v) is 3.29. The molecule has 0 heterocycles. The van der Waals surface area contributed by atoms with Crippen LogP contribution in [-0.2, 0) is 6.54 Å². The number of nitrogens with two attached hydrogens (primary N) is 1. The first-order chi connectivity index (χ1) is 4.74. The molecule has 1 rings (SSSR count). The molecule has 11 heavy (non-hydrogen) atoms. The molecule has 0 spiro atoms. The maximum Gasteiger partial charge on any atom is 0.134 e. The summed E-state index contributed by atoms with van der Waals surface area (Å²) in [5.41, 5.74) is 6.25. The Bertz CT molecular complexity index is 240. The summed E-state index contributed by atoms with van der Waals surface area (Å²) in [5.74, 6) is 0.0962. The Morgan fingerprint density at radius 1 is 1.45 bits per heavy atom. The molecule has 1 aromatic rings. The second kappa shape index (κ2) is 4.44. The Kier molecular flexibility index (Phi) is 4.26.